The molecule has 0 saturated carbocycles. The molecule has 1 saturated heterocycles. The number of aliphatic hydroxyl groups is 1. The molecule has 1 heterocycles. The number of imide groups is 1. The fraction of sp³-hybridized carbons (Fsp3) is 0.639. The van der Waals surface area contributed by atoms with Crippen LogP contribution < -0.4 is 37.6 Å². The zero-order chi connectivity index (χ0) is 41.7. The average Bonchev–Trinajstić information content (AvgIpc) is 3.39. The molecule has 0 aromatic rings. The lowest BCUT2D eigenvalue weighted by Gasteiger charge is -2.24. The lowest BCUT2D eigenvalue weighted by molar-refractivity contribution is -0.141. The van der Waals surface area contributed by atoms with Crippen LogP contribution in [0, 0.1) is 11.3 Å². The second-order valence-corrected chi connectivity index (χ2v) is 14.1. The van der Waals surface area contributed by atoms with Gasteiger partial charge in [-0.1, -0.05) is 51.0 Å². The van der Waals surface area contributed by atoms with Gasteiger partial charge in [-0.3, -0.25) is 48.1 Å². The number of unbranched alkanes of at least 4 members (excludes halogenated alkanes) is 2. The summed E-state index contributed by atoms with van der Waals surface area (Å²) in [6.45, 7) is 7.86. The van der Waals surface area contributed by atoms with E-state index in [0.717, 1.165) is 0 Å². The summed E-state index contributed by atoms with van der Waals surface area (Å²) in [5.74, 6) is -6.55. The summed E-state index contributed by atoms with van der Waals surface area (Å²) in [6.07, 6.45) is 4.91. The third kappa shape index (κ3) is 19.1. The van der Waals surface area contributed by atoms with Crippen molar-refractivity contribution < 1.29 is 53.4 Å². The van der Waals surface area contributed by atoms with Crippen molar-refractivity contribution in [1.82, 2.24) is 36.8 Å². The molecule has 0 spiro atoms. The highest BCUT2D eigenvalue weighted by atomic mass is 16.4. The van der Waals surface area contributed by atoms with Crippen molar-refractivity contribution in [2.24, 2.45) is 17.1 Å². The SMILES string of the molecule is C/C=C\C(=C/C)C[C@H](NC(=O)CNC(=O)CNC(=O)C(CC(=O)O)NC(=O)CCCCCN1C(=O)C[C@H](C(C)(C)C)C1=O)C(=O)NCC(=O)NCCC(N)O. The number of allylic oxidation sites excluding steroid dienone is 3. The van der Waals surface area contributed by atoms with Gasteiger partial charge in [0.2, 0.25) is 47.3 Å². The molecule has 308 valence electrons. The number of amides is 8. The molecule has 1 rings (SSSR count). The number of nitrogens with zero attached hydrogens (tertiary/aromatic N) is 1. The zero-order valence-corrected chi connectivity index (χ0v) is 32.3. The quantitative estimate of drug-likeness (QED) is 0.0233. The van der Waals surface area contributed by atoms with Gasteiger partial charge in [-0.05, 0) is 32.1 Å². The van der Waals surface area contributed by atoms with E-state index in [9.17, 15) is 48.3 Å². The number of aliphatic hydroxyl groups excluding tert-OH is 1. The molecule has 19 nitrogen and oxygen atoms in total. The van der Waals surface area contributed by atoms with Crippen LogP contribution in [0.2, 0.25) is 0 Å². The van der Waals surface area contributed by atoms with Crippen molar-refractivity contribution >= 4 is 53.2 Å². The van der Waals surface area contributed by atoms with Gasteiger partial charge in [0, 0.05) is 38.8 Å². The second-order valence-electron chi connectivity index (χ2n) is 14.1. The van der Waals surface area contributed by atoms with Crippen molar-refractivity contribution in [3.05, 3.63) is 23.8 Å². The van der Waals surface area contributed by atoms with Gasteiger partial charge < -0.3 is 47.8 Å². The number of hydrogen-bond donors (Lipinski definition) is 9. The molecule has 1 aliphatic rings. The molecule has 0 bridgehead atoms. The van der Waals surface area contributed by atoms with Crippen LogP contribution in [0.5, 0.6) is 0 Å². The van der Waals surface area contributed by atoms with Crippen LogP contribution in [0.4, 0.5) is 0 Å². The first-order valence-electron chi connectivity index (χ1n) is 18.2. The predicted octanol–water partition coefficient (Wildman–Crippen LogP) is -1.54. The molecule has 0 aromatic carbocycles. The Morgan fingerprint density at radius 3 is 1.91 bits per heavy atom. The Balaban J connectivity index is 2.60. The summed E-state index contributed by atoms with van der Waals surface area (Å²) in [5.41, 5.74) is 5.59. The number of aliphatic carboxylic acids is 1. The number of hydrogen-bond acceptors (Lipinski definition) is 11. The van der Waals surface area contributed by atoms with Crippen LogP contribution >= 0.6 is 0 Å². The van der Waals surface area contributed by atoms with Crippen molar-refractivity contribution in [2.45, 2.75) is 104 Å². The summed E-state index contributed by atoms with van der Waals surface area (Å²) in [5, 5.41) is 32.6. The standard InChI is InChI=1S/C36H58N8O11/c1-6-11-22(7-2)16-24(33(53)40-19-28(47)38-14-13-26(37)45)43-30(49)21-39-29(48)20-41-34(54)25(18-32(51)52)42-27(46)12-9-8-10-15-44-31(50)17-23(35(44)55)36(3,4)5/h6-7,11,23-26,45H,8-10,12-21,37H2,1-5H3,(H,38,47)(H,39,48)(H,40,53)(H,41,54)(H,42,46)(H,43,49)(H,51,52)/b11-6-,22-7+/t23-,24-,25?,26?/m0/s1. The Kier molecular flexibility index (Phi) is 21.1. The maximum atomic E-state index is 12.9. The average molecular weight is 779 g/mol. The number of carboxylic acid groups (broad SMARTS) is 1. The van der Waals surface area contributed by atoms with Gasteiger partial charge in [-0.15, -0.1) is 0 Å². The van der Waals surface area contributed by atoms with Crippen LogP contribution in [-0.4, -0.2) is 119 Å². The number of likely N-dealkylation sites (tertiary alicyclic amines) is 1. The highest BCUT2D eigenvalue weighted by Gasteiger charge is 2.44. The van der Waals surface area contributed by atoms with E-state index < -0.39 is 85.8 Å². The van der Waals surface area contributed by atoms with E-state index in [1.165, 1.54) is 4.90 Å². The number of carboxylic acids is 1. The maximum absolute atomic E-state index is 12.9. The number of rotatable bonds is 24. The van der Waals surface area contributed by atoms with E-state index in [0.29, 0.717) is 24.8 Å². The molecular formula is C36H58N8O11. The van der Waals surface area contributed by atoms with Crippen molar-refractivity contribution in [2.75, 3.05) is 32.7 Å². The molecule has 1 fully saturated rings. The molecule has 55 heavy (non-hydrogen) atoms. The minimum atomic E-state index is -1.50. The Morgan fingerprint density at radius 1 is 0.818 bits per heavy atom. The smallest absolute Gasteiger partial charge is 0.305 e. The first-order valence-corrected chi connectivity index (χ1v) is 18.2. The predicted molar refractivity (Wildman–Crippen MR) is 199 cm³/mol. The summed E-state index contributed by atoms with van der Waals surface area (Å²) >= 11 is 0. The first kappa shape index (κ1) is 47.9. The van der Waals surface area contributed by atoms with Gasteiger partial charge >= 0.3 is 5.97 Å². The fourth-order valence-corrected chi connectivity index (χ4v) is 5.41. The Bertz CT molecular complexity index is 1450. The number of nitrogens with one attached hydrogen (secondary N) is 6. The lowest BCUT2D eigenvalue weighted by Crippen LogP contribution is -2.52. The van der Waals surface area contributed by atoms with Crippen LogP contribution in [-0.2, 0) is 43.2 Å². The molecule has 10 N–H and O–H groups in total. The molecule has 8 amide bonds. The molecule has 1 aliphatic heterocycles. The van der Waals surface area contributed by atoms with E-state index in [2.05, 4.69) is 31.9 Å². The zero-order valence-electron chi connectivity index (χ0n) is 32.3. The third-order valence-electron chi connectivity index (χ3n) is 8.50. The minimum Gasteiger partial charge on any atom is -0.481 e. The van der Waals surface area contributed by atoms with Crippen molar-refractivity contribution in [3.63, 3.8) is 0 Å². The van der Waals surface area contributed by atoms with Gasteiger partial charge in [0.15, 0.2) is 0 Å². The van der Waals surface area contributed by atoms with Gasteiger partial charge in [0.1, 0.15) is 18.3 Å². The van der Waals surface area contributed by atoms with E-state index in [-0.39, 0.29) is 61.9 Å². The summed E-state index contributed by atoms with van der Waals surface area (Å²) in [6, 6.07) is -2.63. The molecule has 4 atom stereocenters. The third-order valence-corrected chi connectivity index (χ3v) is 8.50. The normalized spacial score (nSPS) is 16.2. The minimum absolute atomic E-state index is 0.0538. The highest BCUT2D eigenvalue weighted by molar-refractivity contribution is 6.04. The number of carbonyl (C=O) groups excluding carboxylic acids is 8. The van der Waals surface area contributed by atoms with Gasteiger partial charge in [-0.2, -0.15) is 0 Å². The van der Waals surface area contributed by atoms with E-state index in [1.807, 2.05) is 20.8 Å². The summed E-state index contributed by atoms with van der Waals surface area (Å²) in [7, 11) is 0. The molecule has 0 aromatic heterocycles. The molecular weight excluding hydrogens is 720 g/mol. The number of nitrogens with two attached hydrogens (primary N) is 1. The maximum Gasteiger partial charge on any atom is 0.305 e. The Labute approximate surface area is 321 Å². The van der Waals surface area contributed by atoms with E-state index in [1.54, 1.807) is 32.1 Å². The summed E-state index contributed by atoms with van der Waals surface area (Å²) in [4.78, 5) is 113. The van der Waals surface area contributed by atoms with Gasteiger partial charge in [0.25, 0.3) is 0 Å². The van der Waals surface area contributed by atoms with Crippen LogP contribution in [0.15, 0.2) is 23.8 Å². The van der Waals surface area contributed by atoms with Crippen molar-refractivity contribution in [3.8, 4) is 0 Å². The topological polar surface area (TPSA) is 296 Å². The second kappa shape index (κ2) is 24.3. The van der Waals surface area contributed by atoms with Crippen molar-refractivity contribution in [1.29, 1.82) is 0 Å². The molecule has 0 aliphatic carbocycles. The van der Waals surface area contributed by atoms with Crippen LogP contribution in [0.1, 0.15) is 86.0 Å². The fourth-order valence-electron chi connectivity index (χ4n) is 5.41. The summed E-state index contributed by atoms with van der Waals surface area (Å²) < 4.78 is 0. The van der Waals surface area contributed by atoms with E-state index in [4.69, 9.17) is 10.8 Å². The monoisotopic (exact) mass is 778 g/mol. The lowest BCUT2D eigenvalue weighted by atomic mass is 9.80. The molecule has 2 unspecified atom stereocenters. The Hall–Kier alpha value is -5.17. The van der Waals surface area contributed by atoms with E-state index >= 15 is 0 Å². The molecule has 19 heteroatoms. The highest BCUT2D eigenvalue weighted by Crippen LogP contribution is 2.35. The van der Waals surface area contributed by atoms with Crippen LogP contribution in [0.25, 0.3) is 0 Å². The first-order chi connectivity index (χ1) is 25.8. The molecule has 0 radical (unpaired) electrons. The van der Waals surface area contributed by atoms with Gasteiger partial charge in [-0.25, -0.2) is 0 Å². The number of carbonyl (C=O) groups is 9. The van der Waals surface area contributed by atoms with Gasteiger partial charge in [0.05, 0.1) is 32.0 Å². The Morgan fingerprint density at radius 2 is 1.38 bits per heavy atom. The largest absolute Gasteiger partial charge is 0.481 e. The van der Waals surface area contributed by atoms with Crippen LogP contribution in [0.3, 0.4) is 0 Å².